The van der Waals surface area contributed by atoms with Gasteiger partial charge in [-0.05, 0) is 42.3 Å². The molecule has 0 saturated carbocycles. The van der Waals surface area contributed by atoms with Gasteiger partial charge in [-0.25, -0.2) is 0 Å². The average Bonchev–Trinajstić information content (AvgIpc) is 2.95. The molecule has 1 saturated heterocycles. The fourth-order valence-electron chi connectivity index (χ4n) is 2.62. The quantitative estimate of drug-likeness (QED) is 0.627. The number of rotatable bonds is 4. The minimum atomic E-state index is -0.200. The van der Waals surface area contributed by atoms with Crippen molar-refractivity contribution in [2.24, 2.45) is 0 Å². The summed E-state index contributed by atoms with van der Waals surface area (Å²) in [6.07, 6.45) is 0. The summed E-state index contributed by atoms with van der Waals surface area (Å²) in [4.78, 5) is 15.1. The predicted molar refractivity (Wildman–Crippen MR) is 108 cm³/mol. The molecule has 1 amide bonds. The second kappa shape index (κ2) is 7.39. The van der Waals surface area contributed by atoms with Crippen LogP contribution in [0.4, 0.5) is 5.69 Å². The van der Waals surface area contributed by atoms with Gasteiger partial charge in [-0.1, -0.05) is 36.1 Å². The van der Waals surface area contributed by atoms with Crippen LogP contribution >= 0.6 is 24.0 Å². The van der Waals surface area contributed by atoms with Crippen molar-refractivity contribution in [1.29, 1.82) is 0 Å². The van der Waals surface area contributed by atoms with Crippen molar-refractivity contribution >= 4 is 45.5 Å². The smallest absolute Gasteiger partial charge is 0.271 e. The lowest BCUT2D eigenvalue weighted by atomic mass is 10.1. The van der Waals surface area contributed by atoms with Crippen LogP contribution in [-0.4, -0.2) is 29.6 Å². The number of allylic oxidation sites excluding steroid dienone is 1. The van der Waals surface area contributed by atoms with Gasteiger partial charge in [0.1, 0.15) is 17.2 Å². The van der Waals surface area contributed by atoms with Crippen LogP contribution in [0.15, 0.2) is 47.4 Å². The predicted octanol–water partition coefficient (Wildman–Crippen LogP) is 4.21. The Morgan fingerprint density at radius 2 is 1.81 bits per heavy atom. The van der Waals surface area contributed by atoms with Gasteiger partial charge in [0, 0.05) is 6.07 Å². The van der Waals surface area contributed by atoms with E-state index in [9.17, 15) is 9.90 Å². The van der Waals surface area contributed by atoms with E-state index >= 15 is 0 Å². The molecule has 3 rings (SSSR count). The summed E-state index contributed by atoms with van der Waals surface area (Å²) in [7, 11) is 3.10. The van der Waals surface area contributed by atoms with Gasteiger partial charge in [-0.3, -0.25) is 9.69 Å². The van der Waals surface area contributed by atoms with Crippen LogP contribution in [0.25, 0.3) is 5.57 Å². The number of phenolic OH excluding ortho intramolecular Hbond substituents is 1. The number of methoxy groups -OCH3 is 2. The van der Waals surface area contributed by atoms with Crippen molar-refractivity contribution in [3.05, 3.63) is 52.9 Å². The molecular weight excluding hydrogens is 370 g/mol. The maximum Gasteiger partial charge on any atom is 0.271 e. The zero-order chi connectivity index (χ0) is 18.8. The molecule has 1 heterocycles. The normalized spacial score (nSPS) is 16.0. The van der Waals surface area contributed by atoms with Crippen molar-refractivity contribution in [3.8, 4) is 17.2 Å². The number of nitrogens with zero attached hydrogens (tertiary/aromatic N) is 1. The number of ether oxygens (including phenoxy) is 2. The summed E-state index contributed by atoms with van der Waals surface area (Å²) in [5, 5.41) is 9.45. The van der Waals surface area contributed by atoms with Crippen LogP contribution in [0, 0.1) is 0 Å². The van der Waals surface area contributed by atoms with Crippen molar-refractivity contribution in [2.45, 2.75) is 6.92 Å². The number of thiocarbonyl (C=S) groups is 1. The highest BCUT2D eigenvalue weighted by Crippen LogP contribution is 2.43. The first-order valence-electron chi connectivity index (χ1n) is 7.75. The van der Waals surface area contributed by atoms with E-state index in [-0.39, 0.29) is 11.7 Å². The third kappa shape index (κ3) is 3.27. The minimum absolute atomic E-state index is 0.178. The first-order chi connectivity index (χ1) is 12.5. The van der Waals surface area contributed by atoms with E-state index in [0.29, 0.717) is 26.4 Å². The lowest BCUT2D eigenvalue weighted by Crippen LogP contribution is -2.28. The molecule has 2 aromatic rings. The molecule has 26 heavy (non-hydrogen) atoms. The third-order valence-corrected chi connectivity index (χ3v) is 5.51. The van der Waals surface area contributed by atoms with Gasteiger partial charge in [0.25, 0.3) is 5.91 Å². The van der Waals surface area contributed by atoms with Crippen molar-refractivity contribution < 1.29 is 19.4 Å². The van der Waals surface area contributed by atoms with E-state index in [1.165, 1.54) is 23.8 Å². The first kappa shape index (κ1) is 18.3. The number of anilines is 1. The molecule has 0 atom stereocenters. The number of hydrogen-bond acceptors (Lipinski definition) is 6. The van der Waals surface area contributed by atoms with Crippen LogP contribution in [0.3, 0.4) is 0 Å². The number of aromatic hydroxyl groups is 1. The lowest BCUT2D eigenvalue weighted by molar-refractivity contribution is -0.113. The molecule has 134 valence electrons. The van der Waals surface area contributed by atoms with Crippen molar-refractivity contribution in [3.63, 3.8) is 0 Å². The molecule has 1 fully saturated rings. The molecule has 0 unspecified atom stereocenters. The van der Waals surface area contributed by atoms with E-state index < -0.39 is 0 Å². The number of carbonyl (C=O) groups excluding carboxylic acids is 1. The fraction of sp³-hybridized carbons (Fsp3) is 0.158. The van der Waals surface area contributed by atoms with Crippen molar-refractivity contribution in [1.82, 2.24) is 0 Å². The van der Waals surface area contributed by atoms with Gasteiger partial charge >= 0.3 is 0 Å². The summed E-state index contributed by atoms with van der Waals surface area (Å²) < 4.78 is 11.0. The molecule has 2 aromatic carbocycles. The van der Waals surface area contributed by atoms with Gasteiger partial charge in [0.05, 0.1) is 24.8 Å². The highest BCUT2D eigenvalue weighted by Gasteiger charge is 2.36. The summed E-state index contributed by atoms with van der Waals surface area (Å²) in [6.45, 7) is 1.87. The molecule has 1 aliphatic rings. The topological polar surface area (TPSA) is 59.0 Å². The number of hydrogen-bond donors (Lipinski definition) is 1. The van der Waals surface area contributed by atoms with Gasteiger partial charge in [-0.2, -0.15) is 0 Å². The van der Waals surface area contributed by atoms with E-state index in [1.54, 1.807) is 49.6 Å². The zero-order valence-electron chi connectivity index (χ0n) is 14.5. The van der Waals surface area contributed by atoms with Crippen LogP contribution < -0.4 is 14.4 Å². The summed E-state index contributed by atoms with van der Waals surface area (Å²) >= 11 is 6.69. The molecule has 0 aromatic heterocycles. The number of amides is 1. The Morgan fingerprint density at radius 1 is 1.12 bits per heavy atom. The Kier molecular flexibility index (Phi) is 5.20. The Bertz CT molecular complexity index is 906. The van der Waals surface area contributed by atoms with E-state index in [1.807, 2.05) is 6.92 Å². The second-order valence-electron chi connectivity index (χ2n) is 5.55. The molecule has 5 nitrogen and oxygen atoms in total. The SMILES string of the molecule is COc1ccc(N2C(=O)/C(=C(\C)c3ccc(O)cc3)SC2=S)c(OC)c1. The van der Waals surface area contributed by atoms with Crippen LogP contribution in [0.5, 0.6) is 17.2 Å². The van der Waals surface area contributed by atoms with Crippen molar-refractivity contribution in [2.75, 3.05) is 19.1 Å². The van der Waals surface area contributed by atoms with Crippen LogP contribution in [-0.2, 0) is 4.79 Å². The Labute approximate surface area is 161 Å². The maximum absolute atomic E-state index is 13.0. The average molecular weight is 387 g/mol. The number of benzene rings is 2. The maximum atomic E-state index is 13.0. The summed E-state index contributed by atoms with van der Waals surface area (Å²) in [5.74, 6) is 1.11. The Balaban J connectivity index is 2.02. The summed E-state index contributed by atoms with van der Waals surface area (Å²) in [6, 6.07) is 11.9. The Hall–Kier alpha value is -2.51. The molecule has 7 heteroatoms. The van der Waals surface area contributed by atoms with Gasteiger partial charge in [0.2, 0.25) is 0 Å². The van der Waals surface area contributed by atoms with E-state index in [2.05, 4.69) is 0 Å². The minimum Gasteiger partial charge on any atom is -0.508 e. The summed E-state index contributed by atoms with van der Waals surface area (Å²) in [5.41, 5.74) is 2.23. The highest BCUT2D eigenvalue weighted by molar-refractivity contribution is 8.27. The fourth-order valence-corrected chi connectivity index (χ4v) is 3.95. The Morgan fingerprint density at radius 3 is 2.42 bits per heavy atom. The van der Waals surface area contributed by atoms with Gasteiger partial charge in [-0.15, -0.1) is 0 Å². The lowest BCUT2D eigenvalue weighted by Gasteiger charge is -2.18. The molecular formula is C19H17NO4S2. The van der Waals surface area contributed by atoms with Gasteiger partial charge in [0.15, 0.2) is 4.32 Å². The highest BCUT2D eigenvalue weighted by atomic mass is 32.2. The standard InChI is InChI=1S/C19H17NO4S2/c1-11(12-4-6-13(21)7-5-12)17-18(22)20(19(25)26-17)15-9-8-14(23-2)10-16(15)24-3/h4-10,21H,1-3H3/b17-11-. The second-order valence-corrected chi connectivity index (χ2v) is 7.19. The molecule has 1 aliphatic heterocycles. The van der Waals surface area contributed by atoms with Crippen LogP contribution in [0.2, 0.25) is 0 Å². The monoisotopic (exact) mass is 387 g/mol. The number of phenols is 1. The van der Waals surface area contributed by atoms with Crippen LogP contribution in [0.1, 0.15) is 12.5 Å². The molecule has 0 aliphatic carbocycles. The largest absolute Gasteiger partial charge is 0.508 e. The molecule has 0 spiro atoms. The molecule has 1 N–H and O–H groups in total. The molecule has 0 bridgehead atoms. The first-order valence-corrected chi connectivity index (χ1v) is 8.97. The number of thioether (sulfide) groups is 1. The third-order valence-electron chi connectivity index (χ3n) is 4.04. The van der Waals surface area contributed by atoms with Gasteiger partial charge < -0.3 is 14.6 Å². The van der Waals surface area contributed by atoms with E-state index in [4.69, 9.17) is 21.7 Å². The number of carbonyl (C=O) groups is 1. The molecule has 0 radical (unpaired) electrons. The zero-order valence-corrected chi connectivity index (χ0v) is 16.1. The van der Waals surface area contributed by atoms with E-state index in [0.717, 1.165) is 11.1 Å².